The van der Waals surface area contributed by atoms with Crippen LogP contribution in [0.25, 0.3) is 0 Å². The summed E-state index contributed by atoms with van der Waals surface area (Å²) in [6, 6.07) is 0. The molecule has 0 saturated carbocycles. The number of nitrogens with one attached hydrogen (secondary N) is 1. The standard InChI is InChI=1S/C3H5N3OS.ClH/c4-1-2-5-6-3(8)7-2;/h1,4H2,(H,6,8);1H. The first-order valence-electron chi connectivity index (χ1n) is 2.07. The van der Waals surface area contributed by atoms with E-state index < -0.39 is 0 Å². The van der Waals surface area contributed by atoms with E-state index in [-0.39, 0.29) is 23.8 Å². The van der Waals surface area contributed by atoms with Crippen LogP contribution in [0.5, 0.6) is 0 Å². The Balaban J connectivity index is 0.000000640. The molecule has 1 heterocycles. The summed E-state index contributed by atoms with van der Waals surface area (Å²) in [7, 11) is 0. The van der Waals surface area contributed by atoms with Gasteiger partial charge in [-0.25, -0.2) is 5.10 Å². The Kier molecular flexibility index (Phi) is 3.44. The number of nitrogens with zero attached hydrogens (tertiary/aromatic N) is 1. The molecular formula is C3H6ClN3OS. The van der Waals surface area contributed by atoms with Gasteiger partial charge in [-0.2, -0.15) is 0 Å². The SMILES string of the molecule is Cl.NCc1n[nH]c(=S)o1. The quantitative estimate of drug-likeness (QED) is 0.602. The van der Waals surface area contributed by atoms with Crippen molar-refractivity contribution >= 4 is 24.6 Å². The fourth-order valence-electron chi connectivity index (χ4n) is 0.348. The molecule has 6 heteroatoms. The minimum absolute atomic E-state index is 0. The highest BCUT2D eigenvalue weighted by atomic mass is 35.5. The highest BCUT2D eigenvalue weighted by molar-refractivity contribution is 7.71. The largest absolute Gasteiger partial charge is 0.413 e. The Morgan fingerprint density at radius 3 is 2.67 bits per heavy atom. The third-order valence-corrected chi connectivity index (χ3v) is 0.832. The van der Waals surface area contributed by atoms with Gasteiger partial charge in [-0.1, -0.05) is 0 Å². The molecule has 1 rings (SSSR count). The van der Waals surface area contributed by atoms with E-state index in [2.05, 4.69) is 22.4 Å². The Morgan fingerprint density at radius 1 is 1.78 bits per heavy atom. The number of rotatable bonds is 1. The summed E-state index contributed by atoms with van der Waals surface area (Å²) in [5.41, 5.74) is 5.14. The fraction of sp³-hybridized carbons (Fsp3) is 0.333. The van der Waals surface area contributed by atoms with Crippen molar-refractivity contribution in [2.75, 3.05) is 0 Å². The maximum atomic E-state index is 5.14. The molecule has 0 fully saturated rings. The van der Waals surface area contributed by atoms with Crippen molar-refractivity contribution in [3.8, 4) is 0 Å². The summed E-state index contributed by atoms with van der Waals surface area (Å²) in [5.74, 6) is 0.440. The van der Waals surface area contributed by atoms with E-state index in [1.807, 2.05) is 0 Å². The minimum Gasteiger partial charge on any atom is -0.413 e. The monoisotopic (exact) mass is 167 g/mol. The summed E-state index contributed by atoms with van der Waals surface area (Å²) in [5, 5.41) is 6.05. The van der Waals surface area contributed by atoms with Gasteiger partial charge < -0.3 is 10.2 Å². The van der Waals surface area contributed by atoms with Gasteiger partial charge in [0, 0.05) is 0 Å². The van der Waals surface area contributed by atoms with E-state index in [4.69, 9.17) is 10.2 Å². The molecule has 0 atom stereocenters. The molecular weight excluding hydrogens is 162 g/mol. The maximum Gasteiger partial charge on any atom is 0.284 e. The van der Waals surface area contributed by atoms with Crippen molar-refractivity contribution in [2.24, 2.45) is 5.73 Å². The second kappa shape index (κ2) is 3.60. The molecule has 0 spiro atoms. The first-order valence-corrected chi connectivity index (χ1v) is 2.48. The minimum atomic E-state index is 0. The van der Waals surface area contributed by atoms with E-state index in [9.17, 15) is 0 Å². The molecule has 3 N–H and O–H groups in total. The van der Waals surface area contributed by atoms with Crippen molar-refractivity contribution in [2.45, 2.75) is 6.54 Å². The highest BCUT2D eigenvalue weighted by Crippen LogP contribution is 1.89. The number of hydrogen-bond acceptors (Lipinski definition) is 4. The van der Waals surface area contributed by atoms with E-state index in [0.29, 0.717) is 5.89 Å². The summed E-state index contributed by atoms with van der Waals surface area (Å²) in [6.45, 7) is 0.285. The number of halogens is 1. The molecule has 4 nitrogen and oxygen atoms in total. The van der Waals surface area contributed by atoms with Crippen LogP contribution in [-0.2, 0) is 6.54 Å². The van der Waals surface area contributed by atoms with Crippen LogP contribution in [0.2, 0.25) is 0 Å². The van der Waals surface area contributed by atoms with Crippen molar-refractivity contribution < 1.29 is 4.42 Å². The van der Waals surface area contributed by atoms with Gasteiger partial charge >= 0.3 is 0 Å². The Morgan fingerprint density at radius 2 is 2.44 bits per heavy atom. The second-order valence-corrected chi connectivity index (χ2v) is 1.58. The van der Waals surface area contributed by atoms with Crippen LogP contribution in [0.15, 0.2) is 4.42 Å². The average Bonchev–Trinajstić information content (AvgIpc) is 2.14. The van der Waals surface area contributed by atoms with Crippen molar-refractivity contribution in [1.82, 2.24) is 10.2 Å². The molecule has 0 radical (unpaired) electrons. The summed E-state index contributed by atoms with van der Waals surface area (Å²) in [4.78, 5) is 0.269. The first-order chi connectivity index (χ1) is 3.83. The van der Waals surface area contributed by atoms with Crippen molar-refractivity contribution in [1.29, 1.82) is 0 Å². The van der Waals surface area contributed by atoms with E-state index in [0.717, 1.165) is 0 Å². The lowest BCUT2D eigenvalue weighted by atomic mass is 10.7. The van der Waals surface area contributed by atoms with Crippen LogP contribution in [0.3, 0.4) is 0 Å². The third-order valence-electron chi connectivity index (χ3n) is 0.657. The topological polar surface area (TPSA) is 67.8 Å². The average molecular weight is 168 g/mol. The Labute approximate surface area is 62.9 Å². The predicted molar refractivity (Wildman–Crippen MR) is 36.8 cm³/mol. The van der Waals surface area contributed by atoms with Gasteiger partial charge in [0.25, 0.3) is 4.84 Å². The predicted octanol–water partition coefficient (Wildman–Crippen LogP) is 0.613. The lowest BCUT2D eigenvalue weighted by Crippen LogP contribution is -1.95. The van der Waals surface area contributed by atoms with E-state index in [1.165, 1.54) is 0 Å². The number of aromatic amines is 1. The summed E-state index contributed by atoms with van der Waals surface area (Å²) < 4.78 is 4.76. The molecule has 0 aliphatic heterocycles. The first kappa shape index (κ1) is 8.61. The molecule has 0 aromatic carbocycles. The summed E-state index contributed by atoms with van der Waals surface area (Å²) >= 11 is 4.56. The van der Waals surface area contributed by atoms with Crippen molar-refractivity contribution in [3.05, 3.63) is 10.7 Å². The normalized spacial score (nSPS) is 8.56. The van der Waals surface area contributed by atoms with Gasteiger partial charge in [0.15, 0.2) is 0 Å². The van der Waals surface area contributed by atoms with Gasteiger partial charge in [0.05, 0.1) is 6.54 Å². The molecule has 0 bridgehead atoms. The highest BCUT2D eigenvalue weighted by Gasteiger charge is 1.90. The zero-order valence-electron chi connectivity index (χ0n) is 4.46. The van der Waals surface area contributed by atoms with Gasteiger partial charge in [-0.3, -0.25) is 0 Å². The molecule has 0 saturated heterocycles. The van der Waals surface area contributed by atoms with Crippen LogP contribution < -0.4 is 5.73 Å². The van der Waals surface area contributed by atoms with E-state index >= 15 is 0 Å². The molecule has 0 amide bonds. The lowest BCUT2D eigenvalue weighted by molar-refractivity contribution is 0.483. The number of hydrogen-bond donors (Lipinski definition) is 2. The number of nitrogens with two attached hydrogens (primary N) is 1. The second-order valence-electron chi connectivity index (χ2n) is 1.21. The van der Waals surface area contributed by atoms with Crippen LogP contribution in [0, 0.1) is 4.84 Å². The molecule has 1 aromatic rings. The lowest BCUT2D eigenvalue weighted by Gasteiger charge is -1.76. The van der Waals surface area contributed by atoms with Gasteiger partial charge in [-0.15, -0.1) is 17.5 Å². The van der Waals surface area contributed by atoms with Gasteiger partial charge in [0.1, 0.15) is 0 Å². The summed E-state index contributed by atoms with van der Waals surface area (Å²) in [6.07, 6.45) is 0. The third kappa shape index (κ3) is 2.13. The van der Waals surface area contributed by atoms with Crippen LogP contribution in [0.4, 0.5) is 0 Å². The molecule has 52 valence electrons. The van der Waals surface area contributed by atoms with E-state index in [1.54, 1.807) is 0 Å². The van der Waals surface area contributed by atoms with Crippen LogP contribution in [-0.4, -0.2) is 10.2 Å². The molecule has 9 heavy (non-hydrogen) atoms. The van der Waals surface area contributed by atoms with Crippen LogP contribution in [0.1, 0.15) is 5.89 Å². The number of H-pyrrole nitrogens is 1. The van der Waals surface area contributed by atoms with Crippen molar-refractivity contribution in [3.63, 3.8) is 0 Å². The van der Waals surface area contributed by atoms with Gasteiger partial charge in [-0.05, 0) is 12.2 Å². The zero-order valence-corrected chi connectivity index (χ0v) is 6.09. The Hall–Kier alpha value is -0.390. The number of aromatic nitrogens is 2. The smallest absolute Gasteiger partial charge is 0.284 e. The van der Waals surface area contributed by atoms with Crippen LogP contribution >= 0.6 is 24.6 Å². The van der Waals surface area contributed by atoms with Gasteiger partial charge in [0.2, 0.25) is 5.89 Å². The molecule has 0 aliphatic rings. The molecule has 0 unspecified atom stereocenters. The maximum absolute atomic E-state index is 5.14. The molecule has 0 aliphatic carbocycles. The fourth-order valence-corrected chi connectivity index (χ4v) is 0.490. The Bertz CT molecular complexity index is 219. The molecule has 1 aromatic heterocycles. The zero-order chi connectivity index (χ0) is 5.98.